The fraction of sp³-hybridized carbons (Fsp3) is 0.250. The van der Waals surface area contributed by atoms with Crippen LogP contribution >= 0.6 is 0 Å². The monoisotopic (exact) mass is 149 g/mol. The summed E-state index contributed by atoms with van der Waals surface area (Å²) >= 11 is 0. The number of hydrogen-bond donors (Lipinski definition) is 0. The molecule has 0 aliphatic carbocycles. The summed E-state index contributed by atoms with van der Waals surface area (Å²) in [6.45, 7) is 11.1. The van der Waals surface area contributed by atoms with Crippen molar-refractivity contribution in [3.63, 3.8) is 0 Å². The van der Waals surface area contributed by atoms with Crippen LogP contribution in [0.2, 0.25) is 0 Å². The van der Waals surface area contributed by atoms with Crippen LogP contribution in [0.15, 0.2) is 18.0 Å². The van der Waals surface area contributed by atoms with Crippen molar-refractivity contribution in [1.29, 1.82) is 0 Å². The summed E-state index contributed by atoms with van der Waals surface area (Å²) in [6.07, 6.45) is 1.63. The minimum absolute atomic E-state index is 0.935. The van der Waals surface area contributed by atoms with E-state index in [4.69, 9.17) is 0 Å². The molecule has 0 N–H and O–H groups in total. The first-order valence-corrected chi connectivity index (χ1v) is 3.33. The normalized spacial score (nSPS) is 9.64. The Morgan fingerprint density at radius 1 is 1.73 bits per heavy atom. The van der Waals surface area contributed by atoms with Crippen LogP contribution in [0.4, 0.5) is 0 Å². The molecular formula is C8H11N3. The molecule has 0 saturated carbocycles. The Morgan fingerprint density at radius 3 is 2.73 bits per heavy atom. The fourth-order valence-corrected chi connectivity index (χ4v) is 1.04. The number of hydrogen-bond acceptors (Lipinski definition) is 2. The van der Waals surface area contributed by atoms with E-state index < -0.39 is 0 Å². The molecule has 1 rings (SSSR count). The van der Waals surface area contributed by atoms with E-state index in [9.17, 15) is 0 Å². The highest BCUT2D eigenvalue weighted by Gasteiger charge is 2.05. The van der Waals surface area contributed by atoms with Crippen LogP contribution in [0.5, 0.6) is 0 Å². The van der Waals surface area contributed by atoms with E-state index in [0.717, 1.165) is 17.0 Å². The second kappa shape index (κ2) is 2.70. The number of aromatic nitrogens is 2. The molecule has 0 amide bonds. The van der Waals surface area contributed by atoms with Gasteiger partial charge in [-0.15, -0.1) is 0 Å². The molecule has 0 aromatic carbocycles. The van der Waals surface area contributed by atoms with Crippen molar-refractivity contribution >= 4 is 12.3 Å². The highest BCUT2D eigenvalue weighted by atomic mass is 15.4. The Hall–Kier alpha value is -1.38. The predicted molar refractivity (Wildman–Crippen MR) is 46.6 cm³/mol. The van der Waals surface area contributed by atoms with Gasteiger partial charge >= 0.3 is 0 Å². The van der Waals surface area contributed by atoms with E-state index in [-0.39, 0.29) is 0 Å². The molecule has 0 fully saturated rings. The lowest BCUT2D eigenvalue weighted by atomic mass is 10.2. The molecule has 3 heteroatoms. The highest BCUT2D eigenvalue weighted by Crippen LogP contribution is 2.14. The van der Waals surface area contributed by atoms with Crippen molar-refractivity contribution in [2.75, 3.05) is 0 Å². The lowest BCUT2D eigenvalue weighted by Crippen LogP contribution is -1.92. The third-order valence-electron chi connectivity index (χ3n) is 1.49. The summed E-state index contributed by atoms with van der Waals surface area (Å²) < 4.78 is 1.62. The molecule has 1 aromatic rings. The fourth-order valence-electron chi connectivity index (χ4n) is 1.04. The molecule has 0 saturated heterocycles. The molecule has 1 heterocycles. The van der Waals surface area contributed by atoms with Crippen molar-refractivity contribution in [2.45, 2.75) is 13.8 Å². The van der Waals surface area contributed by atoms with Crippen molar-refractivity contribution in [3.05, 3.63) is 24.3 Å². The van der Waals surface area contributed by atoms with Gasteiger partial charge in [0.05, 0.1) is 11.4 Å². The molecule has 1 aromatic heterocycles. The van der Waals surface area contributed by atoms with Gasteiger partial charge in [-0.2, -0.15) is 5.10 Å². The smallest absolute Gasteiger partial charge is 0.118 e. The lowest BCUT2D eigenvalue weighted by Gasteiger charge is -2.00. The van der Waals surface area contributed by atoms with Crippen molar-refractivity contribution in [1.82, 2.24) is 9.66 Å². The zero-order valence-electron chi connectivity index (χ0n) is 6.83. The number of aryl methyl sites for hydroxylation is 1. The Bertz CT molecular complexity index is 296. The van der Waals surface area contributed by atoms with Gasteiger partial charge in [-0.1, -0.05) is 6.58 Å². The Kier molecular flexibility index (Phi) is 1.89. The van der Waals surface area contributed by atoms with Crippen LogP contribution in [0, 0.1) is 6.92 Å². The number of imidazole rings is 1. The van der Waals surface area contributed by atoms with E-state index >= 15 is 0 Å². The van der Waals surface area contributed by atoms with Gasteiger partial charge in [-0.25, -0.2) is 9.66 Å². The van der Waals surface area contributed by atoms with Crippen molar-refractivity contribution in [3.8, 4) is 0 Å². The maximum atomic E-state index is 4.08. The first kappa shape index (κ1) is 7.72. The third-order valence-corrected chi connectivity index (χ3v) is 1.49. The summed E-state index contributed by atoms with van der Waals surface area (Å²) in [5.74, 6) is 0. The predicted octanol–water partition coefficient (Wildman–Crippen LogP) is 1.69. The van der Waals surface area contributed by atoms with Gasteiger partial charge in [0, 0.05) is 6.72 Å². The lowest BCUT2D eigenvalue weighted by molar-refractivity contribution is 0.869. The zero-order valence-corrected chi connectivity index (χ0v) is 6.83. The van der Waals surface area contributed by atoms with Crippen molar-refractivity contribution in [2.24, 2.45) is 5.10 Å². The average Bonchev–Trinajstić information content (AvgIpc) is 2.30. The SMILES string of the molecule is C=Nn1cnc(C)c1C(=C)C. The largest absolute Gasteiger partial charge is 0.239 e. The van der Waals surface area contributed by atoms with Crippen molar-refractivity contribution < 1.29 is 0 Å². The molecule has 0 aliphatic heterocycles. The van der Waals surface area contributed by atoms with E-state index in [1.54, 1.807) is 11.0 Å². The van der Waals surface area contributed by atoms with E-state index in [0.29, 0.717) is 0 Å². The van der Waals surface area contributed by atoms with Crippen LogP contribution in [0.1, 0.15) is 18.3 Å². The quantitative estimate of drug-likeness (QED) is 0.588. The zero-order chi connectivity index (χ0) is 8.43. The van der Waals surface area contributed by atoms with E-state index in [1.165, 1.54) is 0 Å². The molecule has 0 unspecified atom stereocenters. The molecule has 0 spiro atoms. The minimum atomic E-state index is 0.935. The average molecular weight is 149 g/mol. The van der Waals surface area contributed by atoms with Gasteiger partial charge in [-0.3, -0.25) is 0 Å². The van der Waals surface area contributed by atoms with Gasteiger partial charge in [-0.05, 0) is 19.4 Å². The maximum absolute atomic E-state index is 4.08. The van der Waals surface area contributed by atoms with E-state index in [2.05, 4.69) is 23.4 Å². The van der Waals surface area contributed by atoms with Crippen LogP contribution in [0.3, 0.4) is 0 Å². The second-order valence-electron chi connectivity index (χ2n) is 2.44. The van der Waals surface area contributed by atoms with Gasteiger partial charge in [0.15, 0.2) is 0 Å². The molecule has 58 valence electrons. The summed E-state index contributed by atoms with van der Waals surface area (Å²) in [5, 5.41) is 3.76. The summed E-state index contributed by atoms with van der Waals surface area (Å²) in [4.78, 5) is 4.08. The molecule has 3 nitrogen and oxygen atoms in total. The summed E-state index contributed by atoms with van der Waals surface area (Å²) in [6, 6.07) is 0. The Morgan fingerprint density at radius 2 is 2.36 bits per heavy atom. The highest BCUT2D eigenvalue weighted by molar-refractivity contribution is 5.60. The second-order valence-corrected chi connectivity index (χ2v) is 2.44. The molecule has 0 bridgehead atoms. The van der Waals surface area contributed by atoms with Crippen LogP contribution in [-0.4, -0.2) is 16.4 Å². The first-order valence-electron chi connectivity index (χ1n) is 3.33. The molecule has 0 radical (unpaired) electrons. The van der Waals surface area contributed by atoms with E-state index in [1.807, 2.05) is 13.8 Å². The Balaban J connectivity index is 3.28. The summed E-state index contributed by atoms with van der Waals surface area (Å²) in [7, 11) is 0. The molecular weight excluding hydrogens is 138 g/mol. The number of rotatable bonds is 2. The molecule has 11 heavy (non-hydrogen) atoms. The Labute approximate surface area is 66.1 Å². The first-order chi connectivity index (χ1) is 5.16. The van der Waals surface area contributed by atoms with Crippen LogP contribution in [0.25, 0.3) is 5.57 Å². The number of nitrogens with zero attached hydrogens (tertiary/aromatic N) is 3. The molecule has 0 aliphatic rings. The van der Waals surface area contributed by atoms with Gasteiger partial charge in [0.25, 0.3) is 0 Å². The van der Waals surface area contributed by atoms with Gasteiger partial charge in [0.2, 0.25) is 0 Å². The summed E-state index contributed by atoms with van der Waals surface area (Å²) in [5.41, 5.74) is 2.83. The third kappa shape index (κ3) is 1.22. The van der Waals surface area contributed by atoms with Crippen LogP contribution < -0.4 is 0 Å². The molecule has 0 atom stereocenters. The topological polar surface area (TPSA) is 30.2 Å². The van der Waals surface area contributed by atoms with Gasteiger partial charge in [0.1, 0.15) is 6.33 Å². The van der Waals surface area contributed by atoms with Gasteiger partial charge < -0.3 is 0 Å². The number of allylic oxidation sites excluding steroid dienone is 1. The minimum Gasteiger partial charge on any atom is -0.239 e. The maximum Gasteiger partial charge on any atom is 0.118 e. The van der Waals surface area contributed by atoms with Crippen LogP contribution in [-0.2, 0) is 0 Å². The standard InChI is InChI=1S/C8H11N3/c1-6(2)8-7(3)10-5-11(8)9-4/h5H,1,4H2,2-3H3.